The third-order valence-corrected chi connectivity index (χ3v) is 4.90. The molecule has 0 bridgehead atoms. The number of nitro groups is 1. The molecule has 0 aromatic heterocycles. The van der Waals surface area contributed by atoms with E-state index in [-0.39, 0.29) is 30.3 Å². The lowest BCUT2D eigenvalue weighted by Gasteiger charge is -2.31. The first-order valence-electron chi connectivity index (χ1n) is 5.91. The number of carboxylic acid groups (broad SMARTS) is 1. The summed E-state index contributed by atoms with van der Waals surface area (Å²) in [5.74, 6) is -1.33. The molecule has 1 unspecified atom stereocenters. The van der Waals surface area contributed by atoms with E-state index in [1.165, 1.54) is 12.1 Å². The second kappa shape index (κ2) is 5.76. The van der Waals surface area contributed by atoms with Crippen LogP contribution in [0.15, 0.2) is 29.2 Å². The quantitative estimate of drug-likeness (QED) is 0.615. The van der Waals surface area contributed by atoms with E-state index in [0.29, 0.717) is 0 Å². The number of nitro benzene ring substituents is 1. The average molecular weight is 316 g/mol. The van der Waals surface area contributed by atoms with Crippen LogP contribution in [0.4, 0.5) is 5.69 Å². The van der Waals surface area contributed by atoms with Crippen molar-refractivity contribution in [2.45, 2.75) is 10.9 Å². The van der Waals surface area contributed by atoms with Crippen LogP contribution in [0.1, 0.15) is 0 Å². The molecular formula is C11H12N2O7S. The van der Waals surface area contributed by atoms with Crippen LogP contribution < -0.4 is 0 Å². The van der Waals surface area contributed by atoms with Crippen molar-refractivity contribution in [1.29, 1.82) is 0 Å². The van der Waals surface area contributed by atoms with E-state index >= 15 is 0 Å². The van der Waals surface area contributed by atoms with Gasteiger partial charge in [-0.2, -0.15) is 4.31 Å². The van der Waals surface area contributed by atoms with Crippen molar-refractivity contribution in [2.75, 3.05) is 19.8 Å². The standard InChI is InChI=1S/C11H12N2O7S/c14-11(15)10-7-20-5-4-12(10)21(18,19)9-3-1-2-8(6-9)13(16)17/h1-3,6,10H,4-5,7H2,(H,14,15). The summed E-state index contributed by atoms with van der Waals surface area (Å²) in [6.07, 6.45) is 0. The number of ether oxygens (including phenoxy) is 1. The van der Waals surface area contributed by atoms with Crippen LogP contribution >= 0.6 is 0 Å². The summed E-state index contributed by atoms with van der Waals surface area (Å²) >= 11 is 0. The summed E-state index contributed by atoms with van der Waals surface area (Å²) in [5, 5.41) is 19.8. The highest BCUT2D eigenvalue weighted by atomic mass is 32.2. The van der Waals surface area contributed by atoms with Gasteiger partial charge in [0.15, 0.2) is 0 Å². The van der Waals surface area contributed by atoms with Crippen molar-refractivity contribution in [1.82, 2.24) is 4.31 Å². The van der Waals surface area contributed by atoms with E-state index in [2.05, 4.69) is 0 Å². The van der Waals surface area contributed by atoms with E-state index in [9.17, 15) is 23.3 Å². The van der Waals surface area contributed by atoms with Crippen LogP contribution in [0.3, 0.4) is 0 Å². The zero-order chi connectivity index (χ0) is 15.6. The summed E-state index contributed by atoms with van der Waals surface area (Å²) in [7, 11) is -4.14. The fourth-order valence-corrected chi connectivity index (χ4v) is 3.56. The lowest BCUT2D eigenvalue weighted by molar-refractivity contribution is -0.385. The minimum Gasteiger partial charge on any atom is -0.480 e. The Morgan fingerprint density at radius 3 is 2.81 bits per heavy atom. The van der Waals surface area contributed by atoms with Gasteiger partial charge < -0.3 is 9.84 Å². The van der Waals surface area contributed by atoms with Crippen molar-refractivity contribution in [3.63, 3.8) is 0 Å². The molecule has 9 nitrogen and oxygen atoms in total. The van der Waals surface area contributed by atoms with Crippen molar-refractivity contribution in [2.24, 2.45) is 0 Å². The lowest BCUT2D eigenvalue weighted by atomic mass is 10.3. The molecule has 0 spiro atoms. The Hall–Kier alpha value is -2.04. The number of sulfonamides is 1. The van der Waals surface area contributed by atoms with E-state index in [1.54, 1.807) is 0 Å². The molecule has 1 aliphatic heterocycles. The molecule has 1 fully saturated rings. The summed E-state index contributed by atoms with van der Waals surface area (Å²) in [6.45, 7) is -0.316. The number of nitrogens with zero attached hydrogens (tertiary/aromatic N) is 2. The van der Waals surface area contributed by atoms with Crippen LogP contribution in [-0.2, 0) is 19.6 Å². The van der Waals surface area contributed by atoms with Crippen LogP contribution in [-0.4, -0.2) is 54.5 Å². The van der Waals surface area contributed by atoms with E-state index in [4.69, 9.17) is 9.84 Å². The second-order valence-electron chi connectivity index (χ2n) is 4.30. The maximum absolute atomic E-state index is 12.5. The van der Waals surface area contributed by atoms with E-state index < -0.39 is 27.0 Å². The third-order valence-electron chi connectivity index (χ3n) is 3.00. The molecule has 10 heteroatoms. The molecule has 0 amide bonds. The topological polar surface area (TPSA) is 127 Å². The molecule has 21 heavy (non-hydrogen) atoms. The summed E-state index contributed by atoms with van der Waals surface area (Å²) < 4.78 is 30.7. The van der Waals surface area contributed by atoms with Crippen molar-refractivity contribution >= 4 is 21.7 Å². The predicted octanol–water partition coefficient (Wildman–Crippen LogP) is 0.0689. The Labute approximate surface area is 119 Å². The Balaban J connectivity index is 2.43. The number of hydrogen-bond donors (Lipinski definition) is 1. The molecule has 0 saturated carbocycles. The molecular weight excluding hydrogens is 304 g/mol. The molecule has 1 saturated heterocycles. The van der Waals surface area contributed by atoms with Gasteiger partial charge in [-0.1, -0.05) is 6.07 Å². The van der Waals surface area contributed by atoms with Gasteiger partial charge in [-0.3, -0.25) is 14.9 Å². The molecule has 1 aromatic rings. The third kappa shape index (κ3) is 3.01. The van der Waals surface area contributed by atoms with Gasteiger partial charge in [0.25, 0.3) is 5.69 Å². The highest BCUT2D eigenvalue weighted by Crippen LogP contribution is 2.24. The molecule has 1 heterocycles. The highest BCUT2D eigenvalue weighted by Gasteiger charge is 2.38. The Bertz CT molecular complexity index is 673. The van der Waals surface area contributed by atoms with Gasteiger partial charge in [0.05, 0.1) is 23.0 Å². The molecule has 0 aliphatic carbocycles. The molecule has 1 N–H and O–H groups in total. The van der Waals surface area contributed by atoms with Gasteiger partial charge in [0.2, 0.25) is 10.0 Å². The summed E-state index contributed by atoms with van der Waals surface area (Å²) in [6, 6.07) is 3.15. The number of non-ortho nitro benzene ring substituents is 1. The fourth-order valence-electron chi connectivity index (χ4n) is 1.96. The minimum absolute atomic E-state index is 0.0674. The largest absolute Gasteiger partial charge is 0.480 e. The highest BCUT2D eigenvalue weighted by molar-refractivity contribution is 7.89. The first-order valence-corrected chi connectivity index (χ1v) is 7.35. The van der Waals surface area contributed by atoms with Crippen LogP contribution in [0.5, 0.6) is 0 Å². The first kappa shape index (κ1) is 15.4. The number of aliphatic carboxylic acids is 1. The summed E-state index contributed by atoms with van der Waals surface area (Å²) in [4.78, 5) is 20.8. The van der Waals surface area contributed by atoms with Gasteiger partial charge in [-0.15, -0.1) is 0 Å². The Morgan fingerprint density at radius 2 is 2.19 bits per heavy atom. The van der Waals surface area contributed by atoms with Gasteiger partial charge in [0.1, 0.15) is 6.04 Å². The molecule has 114 valence electrons. The Morgan fingerprint density at radius 1 is 1.48 bits per heavy atom. The van der Waals surface area contributed by atoms with Crippen molar-refractivity contribution in [3.05, 3.63) is 34.4 Å². The average Bonchev–Trinajstić information content (AvgIpc) is 2.47. The maximum Gasteiger partial charge on any atom is 0.324 e. The van der Waals surface area contributed by atoms with Gasteiger partial charge in [-0.25, -0.2) is 8.42 Å². The number of carbonyl (C=O) groups is 1. The number of rotatable bonds is 4. The minimum atomic E-state index is -4.14. The van der Waals surface area contributed by atoms with Crippen molar-refractivity contribution in [3.8, 4) is 0 Å². The lowest BCUT2D eigenvalue weighted by Crippen LogP contribution is -2.52. The molecule has 2 rings (SSSR count). The normalized spacial score (nSPS) is 20.1. The van der Waals surface area contributed by atoms with Crippen LogP contribution in [0, 0.1) is 10.1 Å². The molecule has 0 radical (unpaired) electrons. The van der Waals surface area contributed by atoms with Gasteiger partial charge in [-0.05, 0) is 6.07 Å². The van der Waals surface area contributed by atoms with E-state index in [0.717, 1.165) is 16.4 Å². The number of benzene rings is 1. The zero-order valence-corrected chi connectivity index (χ0v) is 11.5. The first-order chi connectivity index (χ1) is 9.84. The second-order valence-corrected chi connectivity index (χ2v) is 6.19. The van der Waals surface area contributed by atoms with E-state index in [1.807, 2.05) is 0 Å². The number of morpholine rings is 1. The SMILES string of the molecule is O=C(O)C1COCCN1S(=O)(=O)c1cccc([N+](=O)[O-])c1. The number of hydrogen-bond acceptors (Lipinski definition) is 6. The molecule has 1 aromatic carbocycles. The maximum atomic E-state index is 12.5. The van der Waals surface area contributed by atoms with Crippen LogP contribution in [0.25, 0.3) is 0 Å². The smallest absolute Gasteiger partial charge is 0.324 e. The predicted molar refractivity (Wildman–Crippen MR) is 69.2 cm³/mol. The Kier molecular flexibility index (Phi) is 4.21. The summed E-state index contributed by atoms with van der Waals surface area (Å²) in [5.41, 5.74) is -0.379. The molecule has 1 aliphatic rings. The molecule has 1 atom stereocenters. The van der Waals surface area contributed by atoms with Crippen LogP contribution in [0.2, 0.25) is 0 Å². The van der Waals surface area contributed by atoms with Crippen molar-refractivity contribution < 1.29 is 28.0 Å². The number of carboxylic acids is 1. The zero-order valence-electron chi connectivity index (χ0n) is 10.7. The monoisotopic (exact) mass is 316 g/mol. The fraction of sp³-hybridized carbons (Fsp3) is 0.364. The van der Waals surface area contributed by atoms with Gasteiger partial charge >= 0.3 is 5.97 Å². The van der Waals surface area contributed by atoms with Gasteiger partial charge in [0, 0.05) is 18.7 Å².